The highest BCUT2D eigenvalue weighted by Crippen LogP contribution is 2.27. The molecule has 3 heterocycles. The first-order chi connectivity index (χ1) is 13.5. The molecule has 1 aliphatic heterocycles. The zero-order valence-corrected chi connectivity index (χ0v) is 16.0. The van der Waals surface area contributed by atoms with Crippen LogP contribution in [0.15, 0.2) is 22.7 Å². The van der Waals surface area contributed by atoms with Crippen LogP contribution in [0.3, 0.4) is 0 Å². The van der Waals surface area contributed by atoms with E-state index in [0.717, 1.165) is 43.6 Å². The third kappa shape index (κ3) is 3.54. The van der Waals surface area contributed by atoms with Crippen LogP contribution in [0.25, 0.3) is 11.4 Å². The minimum Gasteiger partial charge on any atom is -0.361 e. The van der Waals surface area contributed by atoms with Crippen LogP contribution in [-0.4, -0.2) is 25.8 Å². The molecule has 0 aliphatic carbocycles. The maximum absolute atomic E-state index is 14.5. The summed E-state index contributed by atoms with van der Waals surface area (Å²) in [4.78, 5) is 12.4. The molecule has 0 atom stereocenters. The van der Waals surface area contributed by atoms with Gasteiger partial charge in [0.1, 0.15) is 17.4 Å². The molecule has 4 rings (SSSR count). The van der Waals surface area contributed by atoms with Gasteiger partial charge in [-0.15, -0.1) is 10.2 Å². The van der Waals surface area contributed by atoms with Crippen molar-refractivity contribution in [1.82, 2.24) is 19.9 Å². The van der Waals surface area contributed by atoms with Gasteiger partial charge < -0.3 is 14.4 Å². The van der Waals surface area contributed by atoms with Gasteiger partial charge >= 0.3 is 0 Å². The van der Waals surface area contributed by atoms with Crippen LogP contribution in [-0.2, 0) is 24.2 Å². The van der Waals surface area contributed by atoms with E-state index < -0.39 is 0 Å². The van der Waals surface area contributed by atoms with Crippen molar-refractivity contribution >= 4 is 11.6 Å². The molecule has 7 nitrogen and oxygen atoms in total. The summed E-state index contributed by atoms with van der Waals surface area (Å²) in [6.07, 6.45) is 4.21. The van der Waals surface area contributed by atoms with Crippen molar-refractivity contribution in [3.05, 3.63) is 46.9 Å². The van der Waals surface area contributed by atoms with Gasteiger partial charge in [0.2, 0.25) is 5.91 Å². The number of aryl methyl sites for hydroxylation is 3. The molecule has 1 N–H and O–H groups in total. The Morgan fingerprint density at radius 2 is 2.11 bits per heavy atom. The van der Waals surface area contributed by atoms with Gasteiger partial charge in [0.05, 0.1) is 17.7 Å². The molecule has 2 aromatic heterocycles. The Morgan fingerprint density at radius 1 is 1.25 bits per heavy atom. The Morgan fingerprint density at radius 3 is 2.89 bits per heavy atom. The Kier molecular flexibility index (Phi) is 4.93. The zero-order chi connectivity index (χ0) is 19.7. The molecule has 1 amide bonds. The summed E-state index contributed by atoms with van der Waals surface area (Å²) in [6.45, 7) is 4.35. The van der Waals surface area contributed by atoms with E-state index in [1.165, 1.54) is 6.07 Å². The summed E-state index contributed by atoms with van der Waals surface area (Å²) >= 11 is 0. The van der Waals surface area contributed by atoms with E-state index >= 15 is 0 Å². The standard InChI is InChI=1S/C20H22FN5O2/c1-12-15(13(2)28-25-12)11-19(27)22-14-7-8-17(21)16(10-14)20-24-23-18-6-4-3-5-9-26(18)20/h7-8,10H,3-6,9,11H2,1-2H3,(H,22,27). The van der Waals surface area contributed by atoms with Gasteiger partial charge in [-0.05, 0) is 44.9 Å². The average molecular weight is 383 g/mol. The number of amides is 1. The lowest BCUT2D eigenvalue weighted by atomic mass is 10.1. The first-order valence-corrected chi connectivity index (χ1v) is 9.46. The van der Waals surface area contributed by atoms with Crippen LogP contribution < -0.4 is 5.32 Å². The van der Waals surface area contributed by atoms with E-state index in [0.29, 0.717) is 28.5 Å². The summed E-state index contributed by atoms with van der Waals surface area (Å²) in [6, 6.07) is 4.51. The number of nitrogens with zero attached hydrogens (tertiary/aromatic N) is 4. The molecule has 0 bridgehead atoms. The van der Waals surface area contributed by atoms with E-state index in [9.17, 15) is 9.18 Å². The number of nitrogens with one attached hydrogen (secondary N) is 1. The second-order valence-corrected chi connectivity index (χ2v) is 7.12. The second-order valence-electron chi connectivity index (χ2n) is 7.12. The normalized spacial score (nSPS) is 13.8. The Hall–Kier alpha value is -3.03. The van der Waals surface area contributed by atoms with Crippen LogP contribution in [0.1, 0.15) is 42.1 Å². The molecule has 28 heavy (non-hydrogen) atoms. The van der Waals surface area contributed by atoms with E-state index in [-0.39, 0.29) is 18.1 Å². The number of carbonyl (C=O) groups is 1. The Balaban J connectivity index is 1.58. The van der Waals surface area contributed by atoms with Crippen molar-refractivity contribution in [3.63, 3.8) is 0 Å². The van der Waals surface area contributed by atoms with Crippen molar-refractivity contribution in [3.8, 4) is 11.4 Å². The van der Waals surface area contributed by atoms with Crippen molar-refractivity contribution in [2.24, 2.45) is 0 Å². The number of hydrogen-bond acceptors (Lipinski definition) is 5. The number of rotatable bonds is 4. The van der Waals surface area contributed by atoms with Crippen LogP contribution >= 0.6 is 0 Å². The smallest absolute Gasteiger partial charge is 0.228 e. The van der Waals surface area contributed by atoms with Crippen molar-refractivity contribution < 1.29 is 13.7 Å². The number of aromatic nitrogens is 4. The molecule has 0 spiro atoms. The molecule has 0 unspecified atom stereocenters. The molecule has 0 radical (unpaired) electrons. The predicted molar refractivity (Wildman–Crippen MR) is 101 cm³/mol. The fourth-order valence-electron chi connectivity index (χ4n) is 3.58. The highest BCUT2D eigenvalue weighted by molar-refractivity contribution is 5.93. The molecule has 3 aromatic rings. The molecular formula is C20H22FN5O2. The summed E-state index contributed by atoms with van der Waals surface area (Å²) in [5.41, 5.74) is 2.32. The molecule has 146 valence electrons. The SMILES string of the molecule is Cc1noc(C)c1CC(=O)Nc1ccc(F)c(-c2nnc3n2CCCCC3)c1. The van der Waals surface area contributed by atoms with Gasteiger partial charge in [-0.2, -0.15) is 0 Å². The first kappa shape index (κ1) is 18.3. The number of fused-ring (bicyclic) bond motifs is 1. The lowest BCUT2D eigenvalue weighted by Crippen LogP contribution is -2.15. The average Bonchev–Trinajstić information content (AvgIpc) is 3.11. The van der Waals surface area contributed by atoms with Gasteiger partial charge in [-0.25, -0.2) is 4.39 Å². The summed E-state index contributed by atoms with van der Waals surface area (Å²) in [5, 5.41) is 15.1. The molecule has 8 heteroatoms. The Labute approximate surface area is 161 Å². The summed E-state index contributed by atoms with van der Waals surface area (Å²) in [7, 11) is 0. The number of benzene rings is 1. The van der Waals surface area contributed by atoms with Crippen molar-refractivity contribution in [1.29, 1.82) is 0 Å². The monoisotopic (exact) mass is 383 g/mol. The quantitative estimate of drug-likeness (QED) is 0.744. The van der Waals surface area contributed by atoms with E-state index in [1.54, 1.807) is 26.0 Å². The molecule has 1 aliphatic rings. The lowest BCUT2D eigenvalue weighted by Gasteiger charge is -2.10. The Bertz CT molecular complexity index is 1000. The zero-order valence-electron chi connectivity index (χ0n) is 16.0. The number of halogens is 1. The van der Waals surface area contributed by atoms with Crippen molar-refractivity contribution in [2.45, 2.75) is 52.5 Å². The van der Waals surface area contributed by atoms with E-state index in [4.69, 9.17) is 4.52 Å². The predicted octanol–water partition coefficient (Wildman–Crippen LogP) is 3.60. The maximum atomic E-state index is 14.5. The molecule has 0 saturated heterocycles. The van der Waals surface area contributed by atoms with Crippen molar-refractivity contribution in [2.75, 3.05) is 5.32 Å². The highest BCUT2D eigenvalue weighted by Gasteiger charge is 2.20. The third-order valence-corrected chi connectivity index (χ3v) is 5.12. The maximum Gasteiger partial charge on any atom is 0.228 e. The van der Waals surface area contributed by atoms with Gasteiger partial charge in [-0.1, -0.05) is 11.6 Å². The number of anilines is 1. The van der Waals surface area contributed by atoms with Crippen LogP contribution in [0.5, 0.6) is 0 Å². The number of carbonyl (C=O) groups excluding carboxylic acids is 1. The molecule has 0 fully saturated rings. The molecular weight excluding hydrogens is 361 g/mol. The summed E-state index contributed by atoms with van der Waals surface area (Å²) < 4.78 is 21.6. The van der Waals surface area contributed by atoms with Gasteiger partial charge in [0.15, 0.2) is 5.82 Å². The van der Waals surface area contributed by atoms with E-state index in [2.05, 4.69) is 20.7 Å². The molecule has 0 saturated carbocycles. The van der Waals surface area contributed by atoms with Crippen LogP contribution in [0.2, 0.25) is 0 Å². The fourth-order valence-corrected chi connectivity index (χ4v) is 3.58. The van der Waals surface area contributed by atoms with E-state index in [1.807, 2.05) is 4.57 Å². The lowest BCUT2D eigenvalue weighted by molar-refractivity contribution is -0.115. The van der Waals surface area contributed by atoms with Gasteiger partial charge in [0, 0.05) is 24.2 Å². The first-order valence-electron chi connectivity index (χ1n) is 9.46. The topological polar surface area (TPSA) is 85.8 Å². The fraction of sp³-hybridized carbons (Fsp3) is 0.400. The second kappa shape index (κ2) is 7.53. The van der Waals surface area contributed by atoms with Gasteiger partial charge in [0.25, 0.3) is 0 Å². The summed E-state index contributed by atoms with van der Waals surface area (Å²) in [5.74, 6) is 1.42. The largest absolute Gasteiger partial charge is 0.361 e. The highest BCUT2D eigenvalue weighted by atomic mass is 19.1. The minimum absolute atomic E-state index is 0.147. The number of hydrogen-bond donors (Lipinski definition) is 1. The van der Waals surface area contributed by atoms with Gasteiger partial charge in [-0.3, -0.25) is 4.79 Å². The van der Waals surface area contributed by atoms with Crippen LogP contribution in [0.4, 0.5) is 10.1 Å². The van der Waals surface area contributed by atoms with Crippen LogP contribution in [0, 0.1) is 19.7 Å². The molecule has 1 aromatic carbocycles. The third-order valence-electron chi connectivity index (χ3n) is 5.12. The minimum atomic E-state index is -0.386.